The van der Waals surface area contributed by atoms with E-state index in [9.17, 15) is 14.0 Å². The zero-order valence-corrected chi connectivity index (χ0v) is 18.8. The van der Waals surface area contributed by atoms with Gasteiger partial charge in [0.2, 0.25) is 11.8 Å². The maximum atomic E-state index is 13.3. The molecule has 4 rings (SSSR count). The number of rotatable bonds is 6. The number of fused-ring (bicyclic) bond motifs is 1. The zero-order valence-electron chi connectivity index (χ0n) is 18.0. The average Bonchev–Trinajstić information content (AvgIpc) is 2.81. The Balaban J connectivity index is 1.52. The monoisotopic (exact) mass is 460 g/mol. The summed E-state index contributed by atoms with van der Waals surface area (Å²) in [6.07, 6.45) is 0. The number of hydrogen-bond acceptors (Lipinski definition) is 5. The number of amides is 2. The predicted molar refractivity (Wildman–Crippen MR) is 130 cm³/mol. The third-order valence-electron chi connectivity index (χ3n) is 4.90. The second-order valence-electron chi connectivity index (χ2n) is 7.41. The Morgan fingerprint density at radius 2 is 1.45 bits per heavy atom. The van der Waals surface area contributed by atoms with E-state index in [4.69, 9.17) is 0 Å². The van der Waals surface area contributed by atoms with Crippen LogP contribution in [0.25, 0.3) is 22.0 Å². The summed E-state index contributed by atoms with van der Waals surface area (Å²) in [6, 6.07) is 20.7. The number of anilines is 2. The molecule has 8 heteroatoms. The third kappa shape index (κ3) is 5.35. The van der Waals surface area contributed by atoms with Crippen LogP contribution in [0.2, 0.25) is 0 Å². The van der Waals surface area contributed by atoms with E-state index in [0.717, 1.165) is 16.3 Å². The molecule has 1 heterocycles. The molecule has 0 radical (unpaired) electrons. The summed E-state index contributed by atoms with van der Waals surface area (Å²) >= 11 is 1.32. The molecule has 0 spiro atoms. The minimum Gasteiger partial charge on any atom is -0.326 e. The molecule has 1 aromatic heterocycles. The van der Waals surface area contributed by atoms with Crippen molar-refractivity contribution in [1.82, 2.24) is 10.2 Å². The number of carbonyl (C=O) groups excluding carboxylic acids is 2. The molecule has 166 valence electrons. The van der Waals surface area contributed by atoms with Crippen molar-refractivity contribution in [1.29, 1.82) is 0 Å². The quantitative estimate of drug-likeness (QED) is 0.371. The zero-order chi connectivity index (χ0) is 23.4. The number of thioether (sulfide) groups is 1. The Hall–Kier alpha value is -3.78. The van der Waals surface area contributed by atoms with E-state index in [-0.39, 0.29) is 17.6 Å². The van der Waals surface area contributed by atoms with E-state index >= 15 is 0 Å². The molecule has 0 bridgehead atoms. The first-order valence-corrected chi connectivity index (χ1v) is 11.2. The molecule has 4 aromatic rings. The van der Waals surface area contributed by atoms with Crippen LogP contribution in [0, 0.1) is 5.82 Å². The molecule has 1 atom stereocenters. The minimum atomic E-state index is -0.436. The van der Waals surface area contributed by atoms with Gasteiger partial charge in [-0.2, -0.15) is 0 Å². The first-order chi connectivity index (χ1) is 15.9. The topological polar surface area (TPSA) is 84.0 Å². The molecule has 0 aliphatic rings. The van der Waals surface area contributed by atoms with Crippen molar-refractivity contribution >= 4 is 45.7 Å². The fourth-order valence-corrected chi connectivity index (χ4v) is 4.19. The van der Waals surface area contributed by atoms with Gasteiger partial charge >= 0.3 is 0 Å². The maximum absolute atomic E-state index is 13.3. The van der Waals surface area contributed by atoms with Gasteiger partial charge in [0.15, 0.2) is 0 Å². The van der Waals surface area contributed by atoms with Gasteiger partial charge in [0.25, 0.3) is 0 Å². The van der Waals surface area contributed by atoms with Gasteiger partial charge in [-0.1, -0.05) is 36.0 Å². The number of nitrogens with zero attached hydrogens (tertiary/aromatic N) is 2. The van der Waals surface area contributed by atoms with E-state index in [1.54, 1.807) is 43.3 Å². The predicted octanol–water partition coefficient (Wildman–Crippen LogP) is 5.51. The number of hydrogen-bond donors (Lipinski definition) is 2. The molecule has 0 saturated carbocycles. The summed E-state index contributed by atoms with van der Waals surface area (Å²) in [5.74, 6) is -0.649. The van der Waals surface area contributed by atoms with Crippen LogP contribution in [0.4, 0.5) is 15.8 Å². The van der Waals surface area contributed by atoms with E-state index in [2.05, 4.69) is 20.8 Å². The SMILES string of the molecule is CC(=O)Nc1ccc(NC(=O)C(C)Sc2nnc(-c3ccc(F)cc3)c3ccccc23)cc1. The summed E-state index contributed by atoms with van der Waals surface area (Å²) in [6.45, 7) is 3.24. The van der Waals surface area contributed by atoms with Gasteiger partial charge in [-0.25, -0.2) is 4.39 Å². The first-order valence-electron chi connectivity index (χ1n) is 10.3. The van der Waals surface area contributed by atoms with Crippen molar-refractivity contribution in [3.8, 4) is 11.3 Å². The van der Waals surface area contributed by atoms with Crippen LogP contribution < -0.4 is 10.6 Å². The van der Waals surface area contributed by atoms with Crippen molar-refractivity contribution in [2.24, 2.45) is 0 Å². The van der Waals surface area contributed by atoms with Crippen LogP contribution in [0.15, 0.2) is 77.8 Å². The van der Waals surface area contributed by atoms with E-state index in [1.807, 2.05) is 24.3 Å². The Kier molecular flexibility index (Phi) is 6.65. The normalized spacial score (nSPS) is 11.7. The molecule has 1 unspecified atom stereocenters. The minimum absolute atomic E-state index is 0.157. The number of carbonyl (C=O) groups is 2. The Morgan fingerprint density at radius 3 is 2.09 bits per heavy atom. The molecule has 2 amide bonds. The van der Waals surface area contributed by atoms with Gasteiger partial charge in [-0.05, 0) is 55.5 Å². The maximum Gasteiger partial charge on any atom is 0.237 e. The van der Waals surface area contributed by atoms with Gasteiger partial charge in [-0.15, -0.1) is 10.2 Å². The Morgan fingerprint density at radius 1 is 0.848 bits per heavy atom. The third-order valence-corrected chi connectivity index (χ3v) is 5.99. The second kappa shape index (κ2) is 9.79. The van der Waals surface area contributed by atoms with Gasteiger partial charge < -0.3 is 10.6 Å². The summed E-state index contributed by atoms with van der Waals surface area (Å²) in [7, 11) is 0. The fourth-order valence-electron chi connectivity index (χ4n) is 3.29. The van der Waals surface area contributed by atoms with Crippen LogP contribution >= 0.6 is 11.8 Å². The van der Waals surface area contributed by atoms with Crippen LogP contribution in [-0.2, 0) is 9.59 Å². The van der Waals surface area contributed by atoms with Crippen molar-refractivity contribution in [2.45, 2.75) is 24.1 Å². The molecule has 3 aromatic carbocycles. The molecule has 0 aliphatic carbocycles. The molecule has 0 fully saturated rings. The summed E-state index contributed by atoms with van der Waals surface area (Å²) in [4.78, 5) is 23.9. The van der Waals surface area contributed by atoms with E-state index in [0.29, 0.717) is 22.1 Å². The Bertz CT molecular complexity index is 1310. The highest BCUT2D eigenvalue weighted by molar-refractivity contribution is 8.00. The van der Waals surface area contributed by atoms with Gasteiger partial charge in [0, 0.05) is 34.6 Å². The largest absolute Gasteiger partial charge is 0.326 e. The number of nitrogens with one attached hydrogen (secondary N) is 2. The lowest BCUT2D eigenvalue weighted by molar-refractivity contribution is -0.115. The van der Waals surface area contributed by atoms with Crippen LogP contribution in [0.1, 0.15) is 13.8 Å². The molecular formula is C25H21FN4O2S. The molecule has 33 heavy (non-hydrogen) atoms. The van der Waals surface area contributed by atoms with Gasteiger partial charge in [0.1, 0.15) is 16.5 Å². The summed E-state index contributed by atoms with van der Waals surface area (Å²) in [5.41, 5.74) is 2.71. The van der Waals surface area contributed by atoms with Crippen LogP contribution in [-0.4, -0.2) is 27.3 Å². The molecule has 0 saturated heterocycles. The van der Waals surface area contributed by atoms with Crippen molar-refractivity contribution in [3.05, 3.63) is 78.6 Å². The lowest BCUT2D eigenvalue weighted by Gasteiger charge is -2.14. The van der Waals surface area contributed by atoms with Crippen molar-refractivity contribution < 1.29 is 14.0 Å². The lowest BCUT2D eigenvalue weighted by Crippen LogP contribution is -2.22. The van der Waals surface area contributed by atoms with Crippen LogP contribution in [0.3, 0.4) is 0 Å². The highest BCUT2D eigenvalue weighted by Crippen LogP contribution is 2.33. The number of aromatic nitrogens is 2. The number of halogens is 1. The van der Waals surface area contributed by atoms with Crippen molar-refractivity contribution in [3.63, 3.8) is 0 Å². The molecule has 0 aliphatic heterocycles. The highest BCUT2D eigenvalue weighted by atomic mass is 32.2. The standard InChI is InChI=1S/C25H21FN4O2S/c1-15(24(32)28-20-13-11-19(12-14-20)27-16(2)31)33-25-22-6-4-3-5-21(22)23(29-30-25)17-7-9-18(26)10-8-17/h3-15H,1-2H3,(H,27,31)(H,28,32). The van der Waals surface area contributed by atoms with Gasteiger partial charge in [0.05, 0.1) is 5.25 Å². The molecule has 6 nitrogen and oxygen atoms in total. The van der Waals surface area contributed by atoms with Gasteiger partial charge in [-0.3, -0.25) is 9.59 Å². The van der Waals surface area contributed by atoms with Crippen LogP contribution in [0.5, 0.6) is 0 Å². The van der Waals surface area contributed by atoms with E-state index < -0.39 is 5.25 Å². The summed E-state index contributed by atoms with van der Waals surface area (Å²) < 4.78 is 13.3. The summed E-state index contributed by atoms with van der Waals surface area (Å²) in [5, 5.41) is 16.3. The highest BCUT2D eigenvalue weighted by Gasteiger charge is 2.19. The fraction of sp³-hybridized carbons (Fsp3) is 0.120. The Labute approximate surface area is 194 Å². The average molecular weight is 461 g/mol. The number of benzene rings is 3. The molecule has 2 N–H and O–H groups in total. The van der Waals surface area contributed by atoms with Crippen molar-refractivity contribution in [2.75, 3.05) is 10.6 Å². The second-order valence-corrected chi connectivity index (χ2v) is 8.74. The molecular weight excluding hydrogens is 439 g/mol. The smallest absolute Gasteiger partial charge is 0.237 e. The van der Waals surface area contributed by atoms with E-state index in [1.165, 1.54) is 30.8 Å². The lowest BCUT2D eigenvalue weighted by atomic mass is 10.1. The first kappa shape index (κ1) is 22.4.